The maximum Gasteiger partial charge on any atom is 0.220 e. The number of carbonyl (C=O) groups is 1. The van der Waals surface area contributed by atoms with Gasteiger partial charge in [-0.2, -0.15) is 5.10 Å². The summed E-state index contributed by atoms with van der Waals surface area (Å²) in [5.41, 5.74) is 6.53. The molecule has 4 nitrogen and oxygen atoms in total. The van der Waals surface area contributed by atoms with Crippen molar-refractivity contribution in [2.75, 3.05) is 6.54 Å². The topological polar surface area (TPSA) is 46.9 Å². The van der Waals surface area contributed by atoms with E-state index in [-0.39, 0.29) is 11.8 Å². The maximum absolute atomic E-state index is 12.6. The summed E-state index contributed by atoms with van der Waals surface area (Å²) in [7, 11) is 0. The summed E-state index contributed by atoms with van der Waals surface area (Å²) in [6.45, 7) is 4.85. The van der Waals surface area contributed by atoms with Crippen LogP contribution in [0.15, 0.2) is 91.1 Å². The zero-order valence-electron chi connectivity index (χ0n) is 18.7. The van der Waals surface area contributed by atoms with Gasteiger partial charge < -0.3 is 5.32 Å². The van der Waals surface area contributed by atoms with E-state index >= 15 is 0 Å². The van der Waals surface area contributed by atoms with Crippen LogP contribution in [0.3, 0.4) is 0 Å². The zero-order chi connectivity index (χ0) is 22.3. The number of amides is 1. The number of hydrogen-bond donors (Lipinski definition) is 1. The van der Waals surface area contributed by atoms with E-state index < -0.39 is 0 Å². The summed E-state index contributed by atoms with van der Waals surface area (Å²) in [5, 5.41) is 7.95. The second-order valence-corrected chi connectivity index (χ2v) is 8.26. The van der Waals surface area contributed by atoms with Crippen molar-refractivity contribution in [2.24, 2.45) is 0 Å². The molecule has 0 aliphatic carbocycles. The molecule has 162 valence electrons. The molecule has 1 atom stereocenters. The molecule has 3 aromatic carbocycles. The minimum Gasteiger partial charge on any atom is -0.355 e. The fourth-order valence-corrected chi connectivity index (χ4v) is 3.76. The Morgan fingerprint density at radius 1 is 0.938 bits per heavy atom. The van der Waals surface area contributed by atoms with Crippen LogP contribution in [0.25, 0.3) is 16.9 Å². The number of aryl methyl sites for hydroxylation is 2. The van der Waals surface area contributed by atoms with E-state index in [1.54, 1.807) is 0 Å². The number of nitrogens with one attached hydrogen (secondary N) is 1. The smallest absolute Gasteiger partial charge is 0.220 e. The summed E-state index contributed by atoms with van der Waals surface area (Å²) in [5.74, 6) is 0.346. The third-order valence-corrected chi connectivity index (χ3v) is 5.73. The molecule has 4 aromatic rings. The van der Waals surface area contributed by atoms with Gasteiger partial charge in [0.15, 0.2) is 0 Å². The molecule has 0 aliphatic heterocycles. The largest absolute Gasteiger partial charge is 0.355 e. The van der Waals surface area contributed by atoms with Gasteiger partial charge in [-0.3, -0.25) is 4.79 Å². The van der Waals surface area contributed by atoms with Gasteiger partial charge in [-0.15, -0.1) is 0 Å². The lowest BCUT2D eigenvalue weighted by Gasteiger charge is -2.13. The van der Waals surface area contributed by atoms with Gasteiger partial charge in [0.1, 0.15) is 0 Å². The molecule has 0 radical (unpaired) electrons. The van der Waals surface area contributed by atoms with Gasteiger partial charge in [0.05, 0.1) is 11.4 Å². The number of aromatic nitrogens is 2. The standard InChI is InChI=1S/C28H29N3O/c1-21-13-15-24(16-14-21)28-25(20-31(30-28)26-11-7-4-8-12-26)17-18-27(32)29-19-22(2)23-9-5-3-6-10-23/h3-16,20,22H,17-19H2,1-2H3,(H,29,32). The fourth-order valence-electron chi connectivity index (χ4n) is 3.76. The Hall–Kier alpha value is -3.66. The van der Waals surface area contributed by atoms with Crippen LogP contribution >= 0.6 is 0 Å². The van der Waals surface area contributed by atoms with Crippen molar-refractivity contribution in [3.05, 3.63) is 108 Å². The molecular weight excluding hydrogens is 394 g/mol. The number of carbonyl (C=O) groups excluding carboxylic acids is 1. The Balaban J connectivity index is 1.46. The Morgan fingerprint density at radius 2 is 1.59 bits per heavy atom. The van der Waals surface area contributed by atoms with Gasteiger partial charge >= 0.3 is 0 Å². The van der Waals surface area contributed by atoms with Crippen molar-refractivity contribution in [2.45, 2.75) is 32.6 Å². The van der Waals surface area contributed by atoms with Crippen molar-refractivity contribution < 1.29 is 4.79 Å². The van der Waals surface area contributed by atoms with E-state index in [0.717, 1.165) is 22.5 Å². The minimum atomic E-state index is 0.0649. The predicted molar refractivity (Wildman–Crippen MR) is 130 cm³/mol. The van der Waals surface area contributed by atoms with Crippen LogP contribution in [-0.2, 0) is 11.2 Å². The third-order valence-electron chi connectivity index (χ3n) is 5.73. The van der Waals surface area contributed by atoms with E-state index in [1.165, 1.54) is 11.1 Å². The van der Waals surface area contributed by atoms with Crippen molar-refractivity contribution in [1.82, 2.24) is 15.1 Å². The lowest BCUT2D eigenvalue weighted by molar-refractivity contribution is -0.121. The van der Waals surface area contributed by atoms with Crippen molar-refractivity contribution >= 4 is 5.91 Å². The van der Waals surface area contributed by atoms with Crippen molar-refractivity contribution in [1.29, 1.82) is 0 Å². The molecule has 1 N–H and O–H groups in total. The fraction of sp³-hybridized carbons (Fsp3) is 0.214. The molecule has 0 aliphatic rings. The Labute approximate surface area is 189 Å². The molecule has 1 heterocycles. The molecule has 0 spiro atoms. The van der Waals surface area contributed by atoms with Crippen molar-refractivity contribution in [3.8, 4) is 16.9 Å². The van der Waals surface area contributed by atoms with E-state index in [9.17, 15) is 4.79 Å². The van der Waals surface area contributed by atoms with Crippen molar-refractivity contribution in [3.63, 3.8) is 0 Å². The molecule has 1 amide bonds. The van der Waals surface area contributed by atoms with Gasteiger partial charge in [0.25, 0.3) is 0 Å². The maximum atomic E-state index is 12.6. The summed E-state index contributed by atoms with van der Waals surface area (Å²) in [4.78, 5) is 12.6. The lowest BCUT2D eigenvalue weighted by Crippen LogP contribution is -2.27. The SMILES string of the molecule is Cc1ccc(-c2nn(-c3ccccc3)cc2CCC(=O)NCC(C)c2ccccc2)cc1. The molecule has 0 fully saturated rings. The first-order chi connectivity index (χ1) is 15.6. The van der Waals surface area contributed by atoms with Crippen LogP contribution in [0.2, 0.25) is 0 Å². The average molecular weight is 424 g/mol. The van der Waals surface area contributed by atoms with Crippen LogP contribution in [0.5, 0.6) is 0 Å². The number of hydrogen-bond acceptors (Lipinski definition) is 2. The molecule has 0 saturated heterocycles. The van der Waals surface area contributed by atoms with Crippen LogP contribution in [0.1, 0.15) is 36.0 Å². The highest BCUT2D eigenvalue weighted by Gasteiger charge is 2.14. The molecule has 32 heavy (non-hydrogen) atoms. The second kappa shape index (κ2) is 10.1. The number of para-hydroxylation sites is 1. The van der Waals surface area contributed by atoms with Crippen LogP contribution in [0, 0.1) is 6.92 Å². The first-order valence-corrected chi connectivity index (χ1v) is 11.1. The highest BCUT2D eigenvalue weighted by atomic mass is 16.1. The Morgan fingerprint density at radius 3 is 2.28 bits per heavy atom. The predicted octanol–water partition coefficient (Wildman–Crippen LogP) is 5.70. The molecule has 1 unspecified atom stereocenters. The summed E-state index contributed by atoms with van der Waals surface area (Å²) in [6.07, 6.45) is 3.12. The van der Waals surface area contributed by atoms with Crippen LogP contribution < -0.4 is 5.32 Å². The number of rotatable bonds is 8. The quantitative estimate of drug-likeness (QED) is 0.395. The average Bonchev–Trinajstić information content (AvgIpc) is 3.27. The van der Waals surface area contributed by atoms with Crippen LogP contribution in [-0.4, -0.2) is 22.2 Å². The highest BCUT2D eigenvalue weighted by Crippen LogP contribution is 2.25. The van der Waals surface area contributed by atoms with E-state index in [4.69, 9.17) is 5.10 Å². The zero-order valence-corrected chi connectivity index (χ0v) is 18.7. The van der Waals surface area contributed by atoms with Gasteiger partial charge in [0.2, 0.25) is 5.91 Å². The normalized spacial score (nSPS) is 11.8. The lowest BCUT2D eigenvalue weighted by atomic mass is 10.0. The van der Waals surface area contributed by atoms with Gasteiger partial charge in [-0.25, -0.2) is 4.68 Å². The molecule has 0 saturated carbocycles. The summed E-state index contributed by atoms with van der Waals surface area (Å²) in [6, 6.07) is 28.7. The Kier molecular flexibility index (Phi) is 6.81. The number of nitrogens with zero attached hydrogens (tertiary/aromatic N) is 2. The van der Waals surface area contributed by atoms with E-state index in [1.807, 2.05) is 59.4 Å². The monoisotopic (exact) mass is 423 g/mol. The molecular formula is C28H29N3O. The Bertz CT molecular complexity index is 1150. The molecule has 0 bridgehead atoms. The van der Waals surface area contributed by atoms with Gasteiger partial charge in [0, 0.05) is 24.7 Å². The summed E-state index contributed by atoms with van der Waals surface area (Å²) < 4.78 is 1.90. The molecule has 1 aromatic heterocycles. The van der Waals surface area contributed by atoms with Crippen LogP contribution in [0.4, 0.5) is 0 Å². The van der Waals surface area contributed by atoms with Gasteiger partial charge in [-0.1, -0.05) is 85.3 Å². The van der Waals surface area contributed by atoms with E-state index in [2.05, 4.69) is 55.6 Å². The molecule has 4 rings (SSSR count). The minimum absolute atomic E-state index is 0.0649. The highest BCUT2D eigenvalue weighted by molar-refractivity contribution is 5.76. The van der Waals surface area contributed by atoms with E-state index in [0.29, 0.717) is 19.4 Å². The third kappa shape index (κ3) is 5.33. The summed E-state index contributed by atoms with van der Waals surface area (Å²) >= 11 is 0. The second-order valence-electron chi connectivity index (χ2n) is 8.26. The first kappa shape index (κ1) is 21.6. The molecule has 4 heteroatoms. The number of benzene rings is 3. The first-order valence-electron chi connectivity index (χ1n) is 11.1. The van der Waals surface area contributed by atoms with Gasteiger partial charge in [-0.05, 0) is 42.5 Å².